The van der Waals surface area contributed by atoms with Crippen LogP contribution in [-0.2, 0) is 28.5 Å². The number of cyclic esters (lactones) is 1. The van der Waals surface area contributed by atoms with Crippen molar-refractivity contribution in [3.8, 4) is 0 Å². The molecule has 0 saturated carbocycles. The van der Waals surface area contributed by atoms with E-state index in [1.807, 2.05) is 33.8 Å². The van der Waals surface area contributed by atoms with E-state index in [2.05, 4.69) is 5.32 Å². The van der Waals surface area contributed by atoms with Gasteiger partial charge in [0.25, 0.3) is 0 Å². The number of carbonyl (C=O) groups is 3. The van der Waals surface area contributed by atoms with Crippen molar-refractivity contribution in [3.63, 3.8) is 0 Å². The summed E-state index contributed by atoms with van der Waals surface area (Å²) in [6.45, 7) is 12.9. The van der Waals surface area contributed by atoms with Crippen molar-refractivity contribution >= 4 is 18.0 Å². The van der Waals surface area contributed by atoms with Crippen LogP contribution in [0.2, 0.25) is 0 Å². The van der Waals surface area contributed by atoms with E-state index >= 15 is 0 Å². The number of amides is 1. The third-order valence-electron chi connectivity index (χ3n) is 9.23. The third kappa shape index (κ3) is 12.6. The van der Waals surface area contributed by atoms with Gasteiger partial charge in [0, 0.05) is 57.3 Å². The molecule has 3 heterocycles. The van der Waals surface area contributed by atoms with Gasteiger partial charge in [-0.25, -0.2) is 4.79 Å². The van der Waals surface area contributed by atoms with Crippen LogP contribution in [0.25, 0.3) is 0 Å². The first kappa shape index (κ1) is 38.7. The molecular weight excluding hydrogens is 608 g/mol. The lowest BCUT2D eigenvalue weighted by molar-refractivity contribution is -0.151. The Kier molecular flexibility index (Phi) is 14.9. The van der Waals surface area contributed by atoms with Crippen molar-refractivity contribution in [1.82, 2.24) is 10.2 Å². The predicted molar refractivity (Wildman–Crippen MR) is 175 cm³/mol. The van der Waals surface area contributed by atoms with Gasteiger partial charge < -0.3 is 44.5 Å². The van der Waals surface area contributed by atoms with Gasteiger partial charge in [-0.15, -0.1) is 0 Å². The second-order valence-corrected chi connectivity index (χ2v) is 13.5. The molecule has 2 saturated heterocycles. The molecule has 3 aliphatic heterocycles. The number of nitrogens with zero attached hydrogens (tertiary/aromatic N) is 1. The second kappa shape index (κ2) is 18.1. The standard InChI is InChI=1S/C35H56N2O10/c1-7-28(40)24(4)33-30(45-33)20-35(6,43)14-8-9-22(2)32-23(3)10-13-29(46-34(42)37-17-15-36-16-18-37)26(21-44-25(5)38)11-12-27(39)19-31(41)47-32/h8-10,13-14,23-24,26-30,32-33,36,39-40,43H,7,11-12,15-21H2,1-6H3/b13-10+,14-8+,22-9+/t23-,24+,26+,27+,28-,29-,30+,32+,33+,35-/m0/s1. The number of aliphatic hydroxyl groups is 3. The van der Waals surface area contributed by atoms with Gasteiger partial charge in [-0.3, -0.25) is 9.59 Å². The fourth-order valence-electron chi connectivity index (χ4n) is 6.14. The quantitative estimate of drug-likeness (QED) is 0.0843. The maximum Gasteiger partial charge on any atom is 0.410 e. The summed E-state index contributed by atoms with van der Waals surface area (Å²) in [6.07, 6.45) is 6.51. The average Bonchev–Trinajstić information content (AvgIpc) is 3.78. The van der Waals surface area contributed by atoms with E-state index in [1.54, 1.807) is 36.1 Å². The summed E-state index contributed by atoms with van der Waals surface area (Å²) in [4.78, 5) is 39.3. The Morgan fingerprint density at radius 1 is 1.21 bits per heavy atom. The van der Waals surface area contributed by atoms with Crippen molar-refractivity contribution in [2.75, 3.05) is 32.8 Å². The van der Waals surface area contributed by atoms with E-state index in [9.17, 15) is 29.7 Å². The van der Waals surface area contributed by atoms with Crippen LogP contribution in [-0.4, -0.2) is 113 Å². The number of carbonyl (C=O) groups excluding carboxylic acids is 3. The van der Waals surface area contributed by atoms with Crippen LogP contribution < -0.4 is 5.32 Å². The Balaban J connectivity index is 1.78. The maximum absolute atomic E-state index is 13.1. The van der Waals surface area contributed by atoms with Crippen molar-refractivity contribution in [2.45, 2.75) is 116 Å². The second-order valence-electron chi connectivity index (χ2n) is 13.5. The zero-order chi connectivity index (χ0) is 34.7. The molecule has 0 spiro atoms. The van der Waals surface area contributed by atoms with E-state index in [4.69, 9.17) is 18.9 Å². The molecule has 3 rings (SSSR count). The largest absolute Gasteiger partial charge is 0.465 e. The monoisotopic (exact) mass is 664 g/mol. The molecule has 12 heteroatoms. The Hall–Kier alpha value is -2.77. The molecule has 1 amide bonds. The number of allylic oxidation sites excluding steroid dienone is 2. The molecule has 0 aromatic rings. The highest BCUT2D eigenvalue weighted by Crippen LogP contribution is 2.37. The van der Waals surface area contributed by atoms with Crippen LogP contribution >= 0.6 is 0 Å². The number of nitrogens with one attached hydrogen (secondary N) is 1. The Labute approximate surface area is 279 Å². The van der Waals surface area contributed by atoms with E-state index in [0.717, 1.165) is 0 Å². The van der Waals surface area contributed by atoms with Gasteiger partial charge >= 0.3 is 18.0 Å². The number of piperazine rings is 1. The summed E-state index contributed by atoms with van der Waals surface area (Å²) in [5, 5.41) is 35.1. The maximum atomic E-state index is 13.1. The minimum absolute atomic E-state index is 0.0114. The van der Waals surface area contributed by atoms with Crippen LogP contribution in [0.3, 0.4) is 0 Å². The highest BCUT2D eigenvalue weighted by molar-refractivity contribution is 5.70. The van der Waals surface area contributed by atoms with Crippen molar-refractivity contribution < 1.29 is 48.7 Å². The van der Waals surface area contributed by atoms with Gasteiger partial charge in [0.15, 0.2) is 0 Å². The smallest absolute Gasteiger partial charge is 0.410 e. The molecular formula is C35H56N2O10. The Morgan fingerprint density at radius 3 is 2.57 bits per heavy atom. The van der Waals surface area contributed by atoms with Gasteiger partial charge in [0.05, 0.1) is 43.0 Å². The number of ether oxygens (including phenoxy) is 4. The first-order valence-corrected chi connectivity index (χ1v) is 17.0. The molecule has 0 aromatic carbocycles. The number of epoxide rings is 1. The number of hydrogen-bond donors (Lipinski definition) is 4. The van der Waals surface area contributed by atoms with Gasteiger partial charge in [0.1, 0.15) is 12.2 Å². The molecule has 0 unspecified atom stereocenters. The van der Waals surface area contributed by atoms with Crippen molar-refractivity contribution in [3.05, 3.63) is 36.0 Å². The lowest BCUT2D eigenvalue weighted by Gasteiger charge is -2.31. The van der Waals surface area contributed by atoms with Crippen molar-refractivity contribution in [2.24, 2.45) is 17.8 Å². The van der Waals surface area contributed by atoms with Crippen LogP contribution in [0.1, 0.15) is 73.6 Å². The first-order valence-electron chi connectivity index (χ1n) is 17.0. The molecule has 0 bridgehead atoms. The van der Waals surface area contributed by atoms with Gasteiger partial charge in [0.2, 0.25) is 0 Å². The molecule has 2 fully saturated rings. The minimum Gasteiger partial charge on any atom is -0.465 e. The lowest BCUT2D eigenvalue weighted by atomic mass is 9.90. The molecule has 0 aliphatic carbocycles. The van der Waals surface area contributed by atoms with Crippen LogP contribution in [0.5, 0.6) is 0 Å². The number of hydrogen-bond acceptors (Lipinski definition) is 11. The number of esters is 2. The highest BCUT2D eigenvalue weighted by Gasteiger charge is 2.47. The summed E-state index contributed by atoms with van der Waals surface area (Å²) in [5.74, 6) is -1.83. The fourth-order valence-corrected chi connectivity index (χ4v) is 6.14. The summed E-state index contributed by atoms with van der Waals surface area (Å²) in [5.41, 5.74) is -0.454. The summed E-state index contributed by atoms with van der Waals surface area (Å²) >= 11 is 0. The molecule has 266 valence electrons. The minimum atomic E-state index is -1.16. The zero-order valence-corrected chi connectivity index (χ0v) is 28.8. The Morgan fingerprint density at radius 2 is 1.91 bits per heavy atom. The Bertz CT molecular complexity index is 1130. The van der Waals surface area contributed by atoms with Crippen LogP contribution in [0, 0.1) is 17.8 Å². The molecule has 47 heavy (non-hydrogen) atoms. The fraction of sp³-hybridized carbons (Fsp3) is 0.743. The first-order chi connectivity index (χ1) is 22.2. The molecule has 10 atom stereocenters. The van der Waals surface area contributed by atoms with E-state index < -0.39 is 54.0 Å². The lowest BCUT2D eigenvalue weighted by Crippen LogP contribution is -2.48. The predicted octanol–water partition coefficient (Wildman–Crippen LogP) is 3.04. The van der Waals surface area contributed by atoms with E-state index in [1.165, 1.54) is 6.92 Å². The van der Waals surface area contributed by atoms with Crippen LogP contribution in [0.15, 0.2) is 36.0 Å². The summed E-state index contributed by atoms with van der Waals surface area (Å²) in [6, 6.07) is 0. The van der Waals surface area contributed by atoms with E-state index in [-0.39, 0.29) is 43.5 Å². The molecule has 3 aliphatic rings. The highest BCUT2D eigenvalue weighted by atomic mass is 16.6. The molecule has 12 nitrogen and oxygen atoms in total. The summed E-state index contributed by atoms with van der Waals surface area (Å²) < 4.78 is 22.9. The van der Waals surface area contributed by atoms with Crippen molar-refractivity contribution in [1.29, 1.82) is 0 Å². The van der Waals surface area contributed by atoms with Crippen LogP contribution in [0.4, 0.5) is 4.79 Å². The number of rotatable bonds is 11. The third-order valence-corrected chi connectivity index (χ3v) is 9.23. The average molecular weight is 665 g/mol. The summed E-state index contributed by atoms with van der Waals surface area (Å²) in [7, 11) is 0. The van der Waals surface area contributed by atoms with Gasteiger partial charge in [-0.1, -0.05) is 45.1 Å². The molecule has 0 aromatic heterocycles. The SMILES string of the molecule is CC[C@H](O)[C@@H](C)[C@H]1O[C@@H]1C[C@@](C)(O)/C=C/C=C(\C)[C@H]1OC(=O)C[C@H](O)CC[C@H](COC(C)=O)[C@@H](OC(=O)N2CCNCC2)/C=C/[C@@H]1C. The molecule has 4 N–H and O–H groups in total. The number of aliphatic hydroxyl groups excluding tert-OH is 2. The molecule has 0 radical (unpaired) electrons. The van der Waals surface area contributed by atoms with E-state index in [0.29, 0.717) is 51.0 Å². The van der Waals surface area contributed by atoms with Gasteiger partial charge in [-0.05, 0) is 44.8 Å². The van der Waals surface area contributed by atoms with Gasteiger partial charge in [-0.2, -0.15) is 0 Å². The normalized spacial score (nSPS) is 32.6. The topological polar surface area (TPSA) is 167 Å². The zero-order valence-electron chi connectivity index (χ0n) is 28.8.